The van der Waals surface area contributed by atoms with Gasteiger partial charge in [-0.25, -0.2) is 14.4 Å². The van der Waals surface area contributed by atoms with Gasteiger partial charge in [0.1, 0.15) is 17.5 Å². The smallest absolute Gasteiger partial charge is 0.355 e. The number of anilines is 5. The highest BCUT2D eigenvalue weighted by Crippen LogP contribution is 2.37. The van der Waals surface area contributed by atoms with Gasteiger partial charge >= 0.3 is 6.18 Å². The molecule has 33 heavy (non-hydrogen) atoms. The fourth-order valence-electron chi connectivity index (χ4n) is 2.82. The van der Waals surface area contributed by atoms with Crippen molar-refractivity contribution >= 4 is 40.5 Å². The minimum absolute atomic E-state index is 0.0221. The molecule has 0 unspecified atom stereocenters. The second-order valence-corrected chi connectivity index (χ2v) is 6.75. The van der Waals surface area contributed by atoms with Crippen molar-refractivity contribution < 1.29 is 27.2 Å². The number of amides is 2. The predicted molar refractivity (Wildman–Crippen MR) is 114 cm³/mol. The highest BCUT2D eigenvalue weighted by atomic mass is 19.4. The van der Waals surface area contributed by atoms with E-state index in [-0.39, 0.29) is 28.8 Å². The average molecular weight is 462 g/mol. The van der Waals surface area contributed by atoms with E-state index in [1.165, 1.54) is 26.2 Å². The number of aromatic nitrogens is 2. The minimum atomic E-state index is -4.75. The summed E-state index contributed by atoms with van der Waals surface area (Å²) in [6, 6.07) is 7.23. The van der Waals surface area contributed by atoms with E-state index in [2.05, 4.69) is 31.2 Å². The maximum atomic E-state index is 13.6. The number of nitrogens with zero attached hydrogens (tertiary/aromatic N) is 2. The Bertz CT molecular complexity index is 1180. The number of hydrogen-bond acceptors (Lipinski definition) is 6. The fraction of sp³-hybridized carbons (Fsp3) is 0.143. The van der Waals surface area contributed by atoms with Crippen molar-refractivity contribution in [3.8, 4) is 0 Å². The Hall–Kier alpha value is -4.22. The standard InChI is InChI=1S/C21H18F4N6O2/c1-11(32)29-13-4-6-18(27-9-13)31-19-8-17(15(10-28-19)21(23,24)25)30-16-5-3-12(22)7-14(16)20(33)26-2/h3-10H,1-2H3,(H,26,33)(H,29,32)(H2,27,28,30,31). The largest absolute Gasteiger partial charge is 0.419 e. The average Bonchev–Trinajstić information content (AvgIpc) is 2.75. The van der Waals surface area contributed by atoms with Crippen LogP contribution in [-0.2, 0) is 11.0 Å². The van der Waals surface area contributed by atoms with Gasteiger partial charge in [-0.15, -0.1) is 0 Å². The summed E-state index contributed by atoms with van der Waals surface area (Å²) in [6.07, 6.45) is -2.76. The molecular formula is C21H18F4N6O2. The number of carbonyl (C=O) groups excluding carboxylic acids is 2. The van der Waals surface area contributed by atoms with Crippen LogP contribution in [0.2, 0.25) is 0 Å². The van der Waals surface area contributed by atoms with E-state index < -0.39 is 29.2 Å². The number of carbonyl (C=O) groups is 2. The van der Waals surface area contributed by atoms with Crippen molar-refractivity contribution in [2.24, 2.45) is 0 Å². The van der Waals surface area contributed by atoms with E-state index in [1.807, 2.05) is 0 Å². The zero-order chi connectivity index (χ0) is 24.2. The molecule has 0 atom stereocenters. The van der Waals surface area contributed by atoms with Crippen LogP contribution in [0.1, 0.15) is 22.8 Å². The third kappa shape index (κ3) is 5.93. The highest BCUT2D eigenvalue weighted by Gasteiger charge is 2.34. The Kier molecular flexibility index (Phi) is 6.75. The summed E-state index contributed by atoms with van der Waals surface area (Å²) in [5.74, 6) is -1.40. The zero-order valence-electron chi connectivity index (χ0n) is 17.3. The minimum Gasteiger partial charge on any atom is -0.355 e. The second-order valence-electron chi connectivity index (χ2n) is 6.75. The summed E-state index contributed by atoms with van der Waals surface area (Å²) in [5, 5.41) is 10.2. The fourth-order valence-corrected chi connectivity index (χ4v) is 2.82. The van der Waals surface area contributed by atoms with Crippen LogP contribution < -0.4 is 21.3 Å². The second kappa shape index (κ2) is 9.51. The van der Waals surface area contributed by atoms with Gasteiger partial charge in [0.05, 0.1) is 34.4 Å². The summed E-state index contributed by atoms with van der Waals surface area (Å²) in [4.78, 5) is 31.0. The van der Waals surface area contributed by atoms with Crippen LogP contribution in [0.5, 0.6) is 0 Å². The summed E-state index contributed by atoms with van der Waals surface area (Å²) in [7, 11) is 1.32. The molecule has 3 rings (SSSR count). The van der Waals surface area contributed by atoms with Crippen LogP contribution in [0.4, 0.5) is 46.3 Å². The molecule has 0 fully saturated rings. The number of benzene rings is 1. The first kappa shape index (κ1) is 23.4. The summed E-state index contributed by atoms with van der Waals surface area (Å²) in [5.41, 5.74) is -1.27. The Morgan fingerprint density at radius 1 is 0.909 bits per heavy atom. The van der Waals surface area contributed by atoms with Crippen molar-refractivity contribution in [2.75, 3.05) is 23.0 Å². The lowest BCUT2D eigenvalue weighted by atomic mass is 10.1. The third-order valence-electron chi connectivity index (χ3n) is 4.27. The predicted octanol–water partition coefficient (Wildman–Crippen LogP) is 4.44. The number of pyridine rings is 2. The molecule has 2 amide bonds. The maximum Gasteiger partial charge on any atom is 0.419 e. The Morgan fingerprint density at radius 3 is 2.24 bits per heavy atom. The van der Waals surface area contributed by atoms with Crippen LogP contribution in [0.25, 0.3) is 0 Å². The van der Waals surface area contributed by atoms with Crippen LogP contribution in [0.3, 0.4) is 0 Å². The number of nitrogens with one attached hydrogen (secondary N) is 4. The Morgan fingerprint density at radius 2 is 1.64 bits per heavy atom. The van der Waals surface area contributed by atoms with E-state index in [0.717, 1.165) is 24.3 Å². The Balaban J connectivity index is 1.95. The van der Waals surface area contributed by atoms with Crippen molar-refractivity contribution in [1.29, 1.82) is 0 Å². The molecule has 4 N–H and O–H groups in total. The molecule has 2 heterocycles. The molecule has 12 heteroatoms. The maximum absolute atomic E-state index is 13.6. The number of rotatable bonds is 6. The van der Waals surface area contributed by atoms with Crippen molar-refractivity contribution in [3.05, 3.63) is 65.7 Å². The monoisotopic (exact) mass is 462 g/mol. The molecule has 1 aromatic carbocycles. The molecule has 0 saturated heterocycles. The van der Waals surface area contributed by atoms with E-state index in [1.54, 1.807) is 6.07 Å². The lowest BCUT2D eigenvalue weighted by Crippen LogP contribution is -2.20. The molecule has 8 nitrogen and oxygen atoms in total. The molecule has 0 bridgehead atoms. The summed E-state index contributed by atoms with van der Waals surface area (Å²) >= 11 is 0. The van der Waals surface area contributed by atoms with Gasteiger partial charge in [-0.3, -0.25) is 9.59 Å². The number of halogens is 4. The van der Waals surface area contributed by atoms with Gasteiger partial charge in [0.2, 0.25) is 5.91 Å². The third-order valence-corrected chi connectivity index (χ3v) is 4.27. The molecule has 3 aromatic rings. The molecule has 0 aliphatic carbocycles. The van der Waals surface area contributed by atoms with Crippen LogP contribution in [-0.4, -0.2) is 28.8 Å². The van der Waals surface area contributed by atoms with Crippen molar-refractivity contribution in [3.63, 3.8) is 0 Å². The van der Waals surface area contributed by atoms with Crippen molar-refractivity contribution in [1.82, 2.24) is 15.3 Å². The zero-order valence-corrected chi connectivity index (χ0v) is 17.3. The quantitative estimate of drug-likeness (QED) is 0.404. The van der Waals surface area contributed by atoms with Crippen LogP contribution in [0, 0.1) is 5.82 Å². The lowest BCUT2D eigenvalue weighted by Gasteiger charge is -2.17. The van der Waals surface area contributed by atoms with Gasteiger partial charge in [0.15, 0.2) is 0 Å². The molecular weight excluding hydrogens is 444 g/mol. The SMILES string of the molecule is CNC(=O)c1cc(F)ccc1Nc1cc(Nc2ccc(NC(C)=O)cn2)ncc1C(F)(F)F. The summed E-state index contributed by atoms with van der Waals surface area (Å²) in [6.45, 7) is 1.34. The van der Waals surface area contributed by atoms with Gasteiger partial charge < -0.3 is 21.3 Å². The van der Waals surface area contributed by atoms with Crippen LogP contribution in [0.15, 0.2) is 48.8 Å². The van der Waals surface area contributed by atoms with Crippen molar-refractivity contribution in [2.45, 2.75) is 13.1 Å². The first-order valence-corrected chi connectivity index (χ1v) is 9.43. The Labute approximate surface area is 185 Å². The van der Waals surface area contributed by atoms with E-state index >= 15 is 0 Å². The van der Waals surface area contributed by atoms with Gasteiger partial charge in [-0.05, 0) is 30.3 Å². The van der Waals surface area contributed by atoms with Gasteiger partial charge in [0, 0.05) is 26.2 Å². The van der Waals surface area contributed by atoms with E-state index in [0.29, 0.717) is 11.9 Å². The first-order valence-electron chi connectivity index (χ1n) is 9.43. The normalized spacial score (nSPS) is 11.0. The molecule has 0 aliphatic rings. The van der Waals surface area contributed by atoms with Crippen LogP contribution >= 0.6 is 0 Å². The van der Waals surface area contributed by atoms with Gasteiger partial charge in [0.25, 0.3) is 5.91 Å². The number of hydrogen-bond donors (Lipinski definition) is 4. The molecule has 0 aliphatic heterocycles. The molecule has 0 saturated carbocycles. The van der Waals surface area contributed by atoms with Gasteiger partial charge in [-0.2, -0.15) is 13.2 Å². The highest BCUT2D eigenvalue weighted by molar-refractivity contribution is 6.00. The first-order chi connectivity index (χ1) is 15.6. The molecule has 0 spiro atoms. The topological polar surface area (TPSA) is 108 Å². The van der Waals surface area contributed by atoms with E-state index in [9.17, 15) is 27.2 Å². The number of alkyl halides is 3. The van der Waals surface area contributed by atoms with Gasteiger partial charge in [-0.1, -0.05) is 0 Å². The molecule has 0 radical (unpaired) electrons. The lowest BCUT2D eigenvalue weighted by molar-refractivity contribution is -0.137. The summed E-state index contributed by atoms with van der Waals surface area (Å²) < 4.78 is 54.3. The van der Waals surface area contributed by atoms with E-state index in [4.69, 9.17) is 0 Å². The molecule has 2 aromatic heterocycles. The molecule has 172 valence electrons.